The summed E-state index contributed by atoms with van der Waals surface area (Å²) in [6, 6.07) is 23.1. The number of aliphatic hydroxyl groups is 1. The SMILES string of the molecule is Cc1ccccc1Cn1cccc1CN(CC(O)COc1ccccc1)C1CC1. The van der Waals surface area contributed by atoms with Crippen molar-refractivity contribution in [3.8, 4) is 5.75 Å². The van der Waals surface area contributed by atoms with Gasteiger partial charge in [-0.25, -0.2) is 0 Å². The Balaban J connectivity index is 1.37. The lowest BCUT2D eigenvalue weighted by Gasteiger charge is -2.26. The molecule has 0 spiro atoms. The molecular weight excluding hydrogens is 360 g/mol. The Morgan fingerprint density at radius 2 is 1.79 bits per heavy atom. The van der Waals surface area contributed by atoms with Gasteiger partial charge in [0.15, 0.2) is 0 Å². The van der Waals surface area contributed by atoms with E-state index in [1.807, 2.05) is 30.3 Å². The Hall–Kier alpha value is -2.56. The van der Waals surface area contributed by atoms with Crippen LogP contribution >= 0.6 is 0 Å². The molecule has 0 radical (unpaired) electrons. The first kappa shape index (κ1) is 19.7. The standard InChI is InChI=1S/C25H30N2O2/c1-20-8-5-6-9-21(20)16-26-15-7-10-23(26)17-27(22-13-14-22)18-24(28)19-29-25-11-3-2-4-12-25/h2-12,15,22,24,28H,13-14,16-19H2,1H3. The molecule has 1 heterocycles. The Kier molecular flexibility index (Phi) is 6.33. The van der Waals surface area contributed by atoms with E-state index in [9.17, 15) is 5.11 Å². The second kappa shape index (κ2) is 9.29. The van der Waals surface area contributed by atoms with Gasteiger partial charge in [-0.1, -0.05) is 42.5 Å². The van der Waals surface area contributed by atoms with Crippen molar-refractivity contribution in [1.82, 2.24) is 9.47 Å². The van der Waals surface area contributed by atoms with Crippen LogP contribution in [0.5, 0.6) is 5.75 Å². The van der Waals surface area contributed by atoms with Crippen LogP contribution in [0.2, 0.25) is 0 Å². The van der Waals surface area contributed by atoms with Crippen molar-refractivity contribution < 1.29 is 9.84 Å². The van der Waals surface area contributed by atoms with Crippen molar-refractivity contribution in [3.05, 3.63) is 89.7 Å². The van der Waals surface area contributed by atoms with Crippen LogP contribution in [-0.2, 0) is 13.1 Å². The number of para-hydroxylation sites is 1. The zero-order valence-corrected chi connectivity index (χ0v) is 17.1. The highest BCUT2D eigenvalue weighted by molar-refractivity contribution is 5.26. The first-order valence-corrected chi connectivity index (χ1v) is 10.5. The molecule has 1 saturated carbocycles. The number of aliphatic hydroxyl groups excluding tert-OH is 1. The molecular formula is C25H30N2O2. The first-order valence-electron chi connectivity index (χ1n) is 10.5. The molecule has 1 aliphatic carbocycles. The van der Waals surface area contributed by atoms with Gasteiger partial charge in [-0.3, -0.25) is 4.90 Å². The molecule has 0 saturated heterocycles. The largest absolute Gasteiger partial charge is 0.491 e. The quantitative estimate of drug-likeness (QED) is 0.562. The molecule has 1 unspecified atom stereocenters. The summed E-state index contributed by atoms with van der Waals surface area (Å²) in [6.45, 7) is 4.85. The maximum absolute atomic E-state index is 10.6. The number of benzene rings is 2. The maximum Gasteiger partial charge on any atom is 0.119 e. The molecule has 2 aromatic carbocycles. The van der Waals surface area contributed by atoms with Crippen LogP contribution in [0.25, 0.3) is 0 Å². The van der Waals surface area contributed by atoms with Crippen molar-refractivity contribution in [2.24, 2.45) is 0 Å². The molecule has 0 aliphatic heterocycles. The average molecular weight is 391 g/mol. The van der Waals surface area contributed by atoms with Gasteiger partial charge in [0.05, 0.1) is 0 Å². The second-order valence-electron chi connectivity index (χ2n) is 7.99. The summed E-state index contributed by atoms with van der Waals surface area (Å²) < 4.78 is 8.06. The highest BCUT2D eigenvalue weighted by Gasteiger charge is 2.31. The Labute approximate surface area is 173 Å². The van der Waals surface area contributed by atoms with Crippen molar-refractivity contribution in [2.75, 3.05) is 13.2 Å². The molecule has 4 nitrogen and oxygen atoms in total. The molecule has 0 bridgehead atoms. The zero-order chi connectivity index (χ0) is 20.1. The lowest BCUT2D eigenvalue weighted by atomic mass is 10.1. The summed E-state index contributed by atoms with van der Waals surface area (Å²) in [6.07, 6.45) is 4.08. The molecule has 0 amide bonds. The minimum atomic E-state index is -0.504. The van der Waals surface area contributed by atoms with E-state index in [1.54, 1.807) is 0 Å². The van der Waals surface area contributed by atoms with Gasteiger partial charge in [0.25, 0.3) is 0 Å². The predicted octanol–water partition coefficient (Wildman–Crippen LogP) is 4.25. The third kappa shape index (κ3) is 5.49. The minimum Gasteiger partial charge on any atom is -0.491 e. The number of hydrogen-bond donors (Lipinski definition) is 1. The van der Waals surface area contributed by atoms with E-state index >= 15 is 0 Å². The van der Waals surface area contributed by atoms with Crippen molar-refractivity contribution >= 4 is 0 Å². The molecule has 4 rings (SSSR count). The van der Waals surface area contributed by atoms with Gasteiger partial charge in [-0.2, -0.15) is 0 Å². The fourth-order valence-corrected chi connectivity index (χ4v) is 3.74. The Morgan fingerprint density at radius 3 is 2.55 bits per heavy atom. The lowest BCUT2D eigenvalue weighted by molar-refractivity contribution is 0.0618. The van der Waals surface area contributed by atoms with Crippen LogP contribution in [0.4, 0.5) is 0 Å². The van der Waals surface area contributed by atoms with Crippen molar-refractivity contribution in [3.63, 3.8) is 0 Å². The van der Waals surface area contributed by atoms with Gasteiger partial charge in [0.2, 0.25) is 0 Å². The molecule has 152 valence electrons. The second-order valence-corrected chi connectivity index (χ2v) is 7.99. The first-order chi connectivity index (χ1) is 14.2. The number of aryl methyl sites for hydroxylation is 1. The predicted molar refractivity (Wildman–Crippen MR) is 116 cm³/mol. The van der Waals surface area contributed by atoms with Crippen LogP contribution in [0, 0.1) is 6.92 Å². The van der Waals surface area contributed by atoms with E-state index < -0.39 is 6.10 Å². The topological polar surface area (TPSA) is 37.6 Å². The van der Waals surface area contributed by atoms with E-state index in [0.29, 0.717) is 19.2 Å². The summed E-state index contributed by atoms with van der Waals surface area (Å²) >= 11 is 0. The third-order valence-corrected chi connectivity index (χ3v) is 5.58. The van der Waals surface area contributed by atoms with Gasteiger partial charge in [-0.15, -0.1) is 0 Å². The molecule has 1 atom stereocenters. The van der Waals surface area contributed by atoms with Crippen molar-refractivity contribution in [2.45, 2.75) is 45.0 Å². The van der Waals surface area contributed by atoms with Crippen LogP contribution < -0.4 is 4.74 Å². The molecule has 1 fully saturated rings. The van der Waals surface area contributed by atoms with E-state index in [2.05, 4.69) is 59.0 Å². The summed E-state index contributed by atoms with van der Waals surface area (Å²) in [5.41, 5.74) is 3.95. The monoisotopic (exact) mass is 390 g/mol. The number of aromatic nitrogens is 1. The van der Waals surface area contributed by atoms with E-state index in [-0.39, 0.29) is 0 Å². The highest BCUT2D eigenvalue weighted by atomic mass is 16.5. The van der Waals surface area contributed by atoms with Gasteiger partial charge >= 0.3 is 0 Å². The summed E-state index contributed by atoms with van der Waals surface area (Å²) in [7, 11) is 0. The van der Waals surface area contributed by atoms with Gasteiger partial charge in [0, 0.05) is 37.6 Å². The van der Waals surface area contributed by atoms with E-state index in [1.165, 1.54) is 29.7 Å². The average Bonchev–Trinajstić information content (AvgIpc) is 3.50. The molecule has 1 aliphatic rings. The molecule has 1 N–H and O–H groups in total. The fourth-order valence-electron chi connectivity index (χ4n) is 3.74. The van der Waals surface area contributed by atoms with Gasteiger partial charge < -0.3 is 14.4 Å². The van der Waals surface area contributed by atoms with Crippen LogP contribution in [0.3, 0.4) is 0 Å². The fraction of sp³-hybridized carbons (Fsp3) is 0.360. The van der Waals surface area contributed by atoms with Crippen molar-refractivity contribution in [1.29, 1.82) is 0 Å². The van der Waals surface area contributed by atoms with E-state index in [4.69, 9.17) is 4.74 Å². The molecule has 3 aromatic rings. The maximum atomic E-state index is 10.6. The minimum absolute atomic E-state index is 0.317. The number of rotatable bonds is 10. The number of hydrogen-bond acceptors (Lipinski definition) is 3. The van der Waals surface area contributed by atoms with E-state index in [0.717, 1.165) is 18.8 Å². The smallest absolute Gasteiger partial charge is 0.119 e. The third-order valence-electron chi connectivity index (χ3n) is 5.58. The molecule has 4 heteroatoms. The van der Waals surface area contributed by atoms with Gasteiger partial charge in [-0.05, 0) is 55.2 Å². The number of nitrogens with zero attached hydrogens (tertiary/aromatic N) is 2. The summed E-state index contributed by atoms with van der Waals surface area (Å²) in [5, 5.41) is 10.6. The normalized spacial score (nSPS) is 14.9. The molecule has 29 heavy (non-hydrogen) atoms. The van der Waals surface area contributed by atoms with Gasteiger partial charge in [0.1, 0.15) is 18.5 Å². The molecule has 1 aromatic heterocycles. The summed E-state index contributed by atoms with van der Waals surface area (Å²) in [4.78, 5) is 2.41. The van der Waals surface area contributed by atoms with Crippen LogP contribution in [0.1, 0.15) is 29.7 Å². The van der Waals surface area contributed by atoms with Crippen LogP contribution in [-0.4, -0.2) is 39.9 Å². The lowest BCUT2D eigenvalue weighted by Crippen LogP contribution is -2.37. The zero-order valence-electron chi connectivity index (χ0n) is 17.1. The summed E-state index contributed by atoms with van der Waals surface area (Å²) in [5.74, 6) is 0.802. The Bertz CT molecular complexity index is 902. The highest BCUT2D eigenvalue weighted by Crippen LogP contribution is 2.29. The van der Waals surface area contributed by atoms with Crippen LogP contribution in [0.15, 0.2) is 72.9 Å². The Morgan fingerprint density at radius 1 is 1.03 bits per heavy atom. The number of ether oxygens (including phenoxy) is 1.